The maximum atomic E-state index is 13.5. The Kier molecular flexibility index (Phi) is 7.23. The fourth-order valence-corrected chi connectivity index (χ4v) is 5.35. The Morgan fingerprint density at radius 3 is 2.46 bits per heavy atom. The number of halogens is 3. The molecule has 2 aromatic carbocycles. The van der Waals surface area contributed by atoms with Crippen LogP contribution in [0.3, 0.4) is 0 Å². The Morgan fingerprint density at radius 2 is 1.71 bits per heavy atom. The van der Waals surface area contributed by atoms with Crippen molar-refractivity contribution in [2.24, 2.45) is 0 Å². The Bertz CT molecular complexity index is 1260. The van der Waals surface area contributed by atoms with Crippen molar-refractivity contribution in [2.75, 3.05) is 13.1 Å². The van der Waals surface area contributed by atoms with Crippen molar-refractivity contribution in [3.63, 3.8) is 0 Å². The molecule has 0 bridgehead atoms. The number of fused-ring (bicyclic) bond motifs is 1. The van der Waals surface area contributed by atoms with Gasteiger partial charge >= 0.3 is 0 Å². The minimum atomic E-state index is -0.275. The number of carbonyl (C=O) groups is 1. The van der Waals surface area contributed by atoms with Gasteiger partial charge in [-0.15, -0.1) is 0 Å². The van der Waals surface area contributed by atoms with Crippen molar-refractivity contribution in [2.45, 2.75) is 44.9 Å². The van der Waals surface area contributed by atoms with Gasteiger partial charge in [0.25, 0.3) is 5.91 Å². The normalized spacial score (nSPS) is 17.7. The highest BCUT2D eigenvalue weighted by atomic mass is 35.5. The van der Waals surface area contributed by atoms with E-state index >= 15 is 0 Å². The van der Waals surface area contributed by atoms with E-state index in [0.29, 0.717) is 21.4 Å². The summed E-state index contributed by atoms with van der Waals surface area (Å²) in [4.78, 5) is 13.4. The third kappa shape index (κ3) is 5.30. The zero-order valence-corrected chi connectivity index (χ0v) is 20.9. The predicted molar refractivity (Wildman–Crippen MR) is 138 cm³/mol. The molecule has 0 radical (unpaired) electrons. The van der Waals surface area contributed by atoms with Crippen molar-refractivity contribution in [3.8, 4) is 5.69 Å². The van der Waals surface area contributed by atoms with Gasteiger partial charge in [0.2, 0.25) is 0 Å². The highest BCUT2D eigenvalue weighted by molar-refractivity contribution is 6.35. The van der Waals surface area contributed by atoms with Gasteiger partial charge < -0.3 is 0 Å². The smallest absolute Gasteiger partial charge is 0.283 e. The average molecular weight is 513 g/mol. The topological polar surface area (TPSA) is 50.2 Å². The van der Waals surface area contributed by atoms with Crippen LogP contribution < -0.4 is 5.43 Å². The lowest BCUT2D eigenvalue weighted by Crippen LogP contribution is -2.45. The Morgan fingerprint density at radius 1 is 0.971 bits per heavy atom. The summed E-state index contributed by atoms with van der Waals surface area (Å²) in [5, 5.41) is 7.78. The van der Waals surface area contributed by atoms with E-state index in [2.05, 4.69) is 11.5 Å². The second kappa shape index (κ2) is 10.5. The van der Waals surface area contributed by atoms with Crippen LogP contribution in [0.2, 0.25) is 10.0 Å². The Hall–Kier alpha value is -2.67. The second-order valence-corrected chi connectivity index (χ2v) is 9.94. The highest BCUT2D eigenvalue weighted by Crippen LogP contribution is 2.37. The maximum absolute atomic E-state index is 13.5. The maximum Gasteiger partial charge on any atom is 0.286 e. The number of allylic oxidation sites excluding steroid dienone is 1. The van der Waals surface area contributed by atoms with Crippen LogP contribution in [0.4, 0.5) is 4.39 Å². The molecule has 0 atom stereocenters. The van der Waals surface area contributed by atoms with Gasteiger partial charge in [0.15, 0.2) is 5.69 Å². The van der Waals surface area contributed by atoms with Crippen molar-refractivity contribution < 1.29 is 9.18 Å². The van der Waals surface area contributed by atoms with Crippen LogP contribution in [0, 0.1) is 5.82 Å². The molecule has 5 nitrogen and oxygen atoms in total. The molecule has 8 heteroatoms. The number of hydrogen-bond donors (Lipinski definition) is 1. The molecule has 1 amide bonds. The molecular weight excluding hydrogens is 486 g/mol. The van der Waals surface area contributed by atoms with Crippen molar-refractivity contribution in [1.29, 1.82) is 0 Å². The summed E-state index contributed by atoms with van der Waals surface area (Å²) in [6.45, 7) is 1.68. The molecule has 0 unspecified atom stereocenters. The van der Waals surface area contributed by atoms with Gasteiger partial charge in [0.05, 0.1) is 16.4 Å². The van der Waals surface area contributed by atoms with E-state index in [1.165, 1.54) is 18.6 Å². The zero-order chi connectivity index (χ0) is 24.4. The molecule has 35 heavy (non-hydrogen) atoms. The second-order valence-electron chi connectivity index (χ2n) is 9.10. The monoisotopic (exact) mass is 512 g/mol. The molecule has 1 aliphatic carbocycles. The fraction of sp³-hybridized carbons (Fsp3) is 0.333. The molecule has 1 aliphatic heterocycles. The van der Waals surface area contributed by atoms with Crippen LogP contribution in [0.15, 0.2) is 42.5 Å². The lowest BCUT2D eigenvalue weighted by atomic mass is 10.0. The summed E-state index contributed by atoms with van der Waals surface area (Å²) < 4.78 is 15.3. The standard InChI is InChI=1S/C27H27Cl2FN4O/c28-20-10-13-24(23(29)17-20)34-26-19(16-18-8-11-21(30)12-9-18)6-2-3-7-22(26)25(31-34)27(35)32-33-14-4-1-5-15-33/h8-13,16-17H,1-7,14-15H2,(H,32,35)/b19-16+. The van der Waals surface area contributed by atoms with Crippen LogP contribution >= 0.6 is 23.2 Å². The van der Waals surface area contributed by atoms with E-state index in [9.17, 15) is 9.18 Å². The zero-order valence-electron chi connectivity index (χ0n) is 19.4. The summed E-state index contributed by atoms with van der Waals surface area (Å²) in [7, 11) is 0. The van der Waals surface area contributed by atoms with Gasteiger partial charge in [0.1, 0.15) is 5.82 Å². The number of hydrazine groups is 1. The van der Waals surface area contributed by atoms with E-state index < -0.39 is 0 Å². The highest BCUT2D eigenvalue weighted by Gasteiger charge is 2.29. The molecule has 0 saturated carbocycles. The van der Waals surface area contributed by atoms with Gasteiger partial charge in [-0.1, -0.05) is 41.8 Å². The van der Waals surface area contributed by atoms with Crippen molar-refractivity contribution in [3.05, 3.63) is 80.8 Å². The first-order chi connectivity index (χ1) is 17.0. The summed E-state index contributed by atoms with van der Waals surface area (Å²) in [5.41, 5.74) is 7.87. The Labute approximate surface area is 214 Å². The molecule has 1 saturated heterocycles. The van der Waals surface area contributed by atoms with E-state index in [-0.39, 0.29) is 11.7 Å². The number of aromatic nitrogens is 2. The van der Waals surface area contributed by atoms with Gasteiger partial charge in [0, 0.05) is 23.7 Å². The molecule has 5 rings (SSSR count). The number of nitrogens with one attached hydrogen (secondary N) is 1. The molecular formula is C27H27Cl2FN4O. The minimum Gasteiger partial charge on any atom is -0.283 e. The van der Waals surface area contributed by atoms with E-state index in [1.54, 1.807) is 28.9 Å². The number of rotatable bonds is 4. The lowest BCUT2D eigenvalue weighted by Gasteiger charge is -2.26. The average Bonchev–Trinajstić information content (AvgIpc) is 3.10. The SMILES string of the molecule is O=C(NN1CCCCC1)c1nn(-c2ccc(Cl)cc2Cl)c2c1CCCC/C2=C\c1ccc(F)cc1. The van der Waals surface area contributed by atoms with Crippen LogP contribution in [0.5, 0.6) is 0 Å². The number of carbonyl (C=O) groups excluding carboxylic acids is 1. The number of piperidine rings is 1. The van der Waals surface area contributed by atoms with Crippen LogP contribution in [-0.2, 0) is 6.42 Å². The minimum absolute atomic E-state index is 0.199. The van der Waals surface area contributed by atoms with Gasteiger partial charge in [-0.05, 0) is 86.1 Å². The Balaban J connectivity index is 1.64. The molecule has 1 N–H and O–H groups in total. The first kappa shape index (κ1) is 24.0. The largest absolute Gasteiger partial charge is 0.286 e. The van der Waals surface area contributed by atoms with Crippen LogP contribution in [-0.4, -0.2) is 33.8 Å². The first-order valence-corrected chi connectivity index (χ1v) is 12.8. The van der Waals surface area contributed by atoms with Crippen molar-refractivity contribution in [1.82, 2.24) is 20.2 Å². The van der Waals surface area contributed by atoms with Gasteiger partial charge in [-0.3, -0.25) is 10.2 Å². The third-order valence-corrected chi connectivity index (χ3v) is 7.13. The number of amides is 1. The molecule has 3 aromatic rings. The third-order valence-electron chi connectivity index (χ3n) is 6.59. The number of hydrogen-bond acceptors (Lipinski definition) is 3. The van der Waals surface area contributed by atoms with E-state index in [0.717, 1.165) is 74.0 Å². The molecule has 2 heterocycles. The van der Waals surface area contributed by atoms with Gasteiger partial charge in [-0.2, -0.15) is 5.10 Å². The molecule has 182 valence electrons. The summed E-state index contributed by atoms with van der Waals surface area (Å²) in [5.74, 6) is -0.474. The predicted octanol–water partition coefficient (Wildman–Crippen LogP) is 6.72. The van der Waals surface area contributed by atoms with Crippen LogP contribution in [0.1, 0.15) is 65.8 Å². The van der Waals surface area contributed by atoms with Crippen molar-refractivity contribution >= 4 is 40.8 Å². The number of benzene rings is 2. The van der Waals surface area contributed by atoms with E-state index in [1.807, 2.05) is 11.1 Å². The summed E-state index contributed by atoms with van der Waals surface area (Å²) in [6, 6.07) is 11.7. The quantitative estimate of drug-likeness (QED) is 0.395. The fourth-order valence-electron chi connectivity index (χ4n) is 4.87. The van der Waals surface area contributed by atoms with E-state index in [4.69, 9.17) is 28.3 Å². The molecule has 1 aromatic heterocycles. The lowest BCUT2D eigenvalue weighted by molar-refractivity contribution is 0.0743. The summed E-state index contributed by atoms with van der Waals surface area (Å²) in [6.07, 6.45) is 8.84. The van der Waals surface area contributed by atoms with Crippen LogP contribution in [0.25, 0.3) is 17.3 Å². The molecule has 1 fully saturated rings. The van der Waals surface area contributed by atoms with Gasteiger partial charge in [-0.25, -0.2) is 14.1 Å². The number of nitrogens with zero attached hydrogens (tertiary/aromatic N) is 3. The summed E-state index contributed by atoms with van der Waals surface area (Å²) >= 11 is 12.8. The first-order valence-electron chi connectivity index (χ1n) is 12.1. The molecule has 2 aliphatic rings. The molecule has 0 spiro atoms.